The molecule has 1 atom stereocenters. The lowest BCUT2D eigenvalue weighted by Crippen LogP contribution is -2.08. The first kappa shape index (κ1) is 15.4. The Bertz CT molecular complexity index is 375. The van der Waals surface area contributed by atoms with Crippen molar-refractivity contribution in [1.82, 2.24) is 0 Å². The fourth-order valence-electron chi connectivity index (χ4n) is 3.09. The van der Waals surface area contributed by atoms with Crippen molar-refractivity contribution in [1.29, 1.82) is 0 Å². The summed E-state index contributed by atoms with van der Waals surface area (Å²) in [7, 11) is 0. The van der Waals surface area contributed by atoms with E-state index in [4.69, 9.17) is 4.74 Å². The van der Waals surface area contributed by atoms with Gasteiger partial charge in [0.2, 0.25) is 0 Å². The molecule has 20 heavy (non-hydrogen) atoms. The highest BCUT2D eigenvalue weighted by Gasteiger charge is 2.17. The van der Waals surface area contributed by atoms with Crippen molar-refractivity contribution in [3.63, 3.8) is 0 Å². The van der Waals surface area contributed by atoms with Crippen molar-refractivity contribution in [2.24, 2.45) is 5.92 Å². The summed E-state index contributed by atoms with van der Waals surface area (Å²) in [5, 5.41) is 10.4. The molecule has 1 aromatic carbocycles. The van der Waals surface area contributed by atoms with Crippen LogP contribution in [0.5, 0.6) is 5.75 Å². The predicted octanol–water partition coefficient (Wildman–Crippen LogP) is 4.87. The quantitative estimate of drug-likeness (QED) is 0.778. The van der Waals surface area contributed by atoms with Crippen molar-refractivity contribution in [2.75, 3.05) is 0 Å². The van der Waals surface area contributed by atoms with E-state index in [0.717, 1.165) is 17.7 Å². The molecule has 0 radical (unpaired) electrons. The summed E-state index contributed by atoms with van der Waals surface area (Å²) in [6.45, 7) is 4.05. The molecule has 2 rings (SSSR count). The van der Waals surface area contributed by atoms with Gasteiger partial charge in [-0.1, -0.05) is 50.7 Å². The van der Waals surface area contributed by atoms with Crippen LogP contribution in [0.4, 0.5) is 0 Å². The Morgan fingerprint density at radius 1 is 1.05 bits per heavy atom. The third-order valence-corrected chi connectivity index (χ3v) is 4.17. The number of rotatable bonds is 5. The minimum Gasteiger partial charge on any atom is -0.491 e. The van der Waals surface area contributed by atoms with Crippen LogP contribution in [0.15, 0.2) is 24.3 Å². The van der Waals surface area contributed by atoms with Gasteiger partial charge in [-0.15, -0.1) is 0 Å². The van der Waals surface area contributed by atoms with Gasteiger partial charge in [0.25, 0.3) is 0 Å². The Morgan fingerprint density at radius 3 is 2.20 bits per heavy atom. The molecular formula is C18H28O2. The van der Waals surface area contributed by atoms with Gasteiger partial charge in [-0.25, -0.2) is 0 Å². The molecule has 1 aromatic rings. The van der Waals surface area contributed by atoms with Crippen molar-refractivity contribution < 1.29 is 9.84 Å². The van der Waals surface area contributed by atoms with Crippen LogP contribution in [-0.2, 0) is 0 Å². The second-order valence-corrected chi connectivity index (χ2v) is 6.34. The van der Waals surface area contributed by atoms with Crippen LogP contribution >= 0.6 is 0 Å². The number of benzene rings is 1. The molecule has 1 aliphatic carbocycles. The fraction of sp³-hybridized carbons (Fsp3) is 0.667. The number of ether oxygens (including phenoxy) is 1. The van der Waals surface area contributed by atoms with E-state index < -0.39 is 0 Å². The molecule has 0 heterocycles. The van der Waals surface area contributed by atoms with Gasteiger partial charge >= 0.3 is 0 Å². The molecule has 2 heteroatoms. The summed E-state index contributed by atoms with van der Waals surface area (Å²) >= 11 is 0. The first-order valence-electron chi connectivity index (χ1n) is 8.10. The van der Waals surface area contributed by atoms with E-state index in [-0.39, 0.29) is 12.2 Å². The predicted molar refractivity (Wildman–Crippen MR) is 83.0 cm³/mol. The maximum absolute atomic E-state index is 10.4. The molecule has 0 bridgehead atoms. The lowest BCUT2D eigenvalue weighted by atomic mass is 9.91. The highest BCUT2D eigenvalue weighted by molar-refractivity contribution is 5.28. The molecule has 0 aromatic heterocycles. The average molecular weight is 276 g/mol. The van der Waals surface area contributed by atoms with Crippen molar-refractivity contribution >= 4 is 0 Å². The average Bonchev–Trinajstić information content (AvgIpc) is 2.67. The van der Waals surface area contributed by atoms with Gasteiger partial charge in [0.1, 0.15) is 5.75 Å². The maximum Gasteiger partial charge on any atom is 0.119 e. The van der Waals surface area contributed by atoms with Crippen LogP contribution in [0.25, 0.3) is 0 Å². The molecule has 0 spiro atoms. The van der Waals surface area contributed by atoms with E-state index in [0.29, 0.717) is 5.92 Å². The summed E-state index contributed by atoms with van der Waals surface area (Å²) in [4.78, 5) is 0. The summed E-state index contributed by atoms with van der Waals surface area (Å²) in [6, 6.07) is 7.93. The molecule has 1 saturated carbocycles. The molecule has 112 valence electrons. The Morgan fingerprint density at radius 2 is 1.65 bits per heavy atom. The zero-order valence-corrected chi connectivity index (χ0v) is 12.8. The maximum atomic E-state index is 10.4. The second kappa shape index (κ2) is 7.68. The SMILES string of the molecule is CC(C)Oc1ccc(C(O)CC2CCCCCC2)cc1. The van der Waals surface area contributed by atoms with Crippen LogP contribution in [0.3, 0.4) is 0 Å². The molecule has 2 nitrogen and oxygen atoms in total. The molecule has 1 aliphatic rings. The lowest BCUT2D eigenvalue weighted by molar-refractivity contribution is 0.139. The van der Waals surface area contributed by atoms with E-state index in [2.05, 4.69) is 0 Å². The molecule has 0 aliphatic heterocycles. The first-order chi connectivity index (χ1) is 9.65. The number of hydrogen-bond acceptors (Lipinski definition) is 2. The van der Waals surface area contributed by atoms with Gasteiger partial charge in [-0.2, -0.15) is 0 Å². The second-order valence-electron chi connectivity index (χ2n) is 6.34. The van der Waals surface area contributed by atoms with E-state index >= 15 is 0 Å². The van der Waals surface area contributed by atoms with Crippen molar-refractivity contribution in [3.05, 3.63) is 29.8 Å². The summed E-state index contributed by atoms with van der Waals surface area (Å²) < 4.78 is 5.63. The smallest absolute Gasteiger partial charge is 0.119 e. The van der Waals surface area contributed by atoms with Gasteiger partial charge in [0.15, 0.2) is 0 Å². The van der Waals surface area contributed by atoms with Gasteiger partial charge in [0, 0.05) is 0 Å². The minimum atomic E-state index is -0.328. The molecule has 1 fully saturated rings. The van der Waals surface area contributed by atoms with E-state index in [9.17, 15) is 5.11 Å². The Labute approximate surface area is 123 Å². The zero-order valence-electron chi connectivity index (χ0n) is 12.8. The highest BCUT2D eigenvalue weighted by Crippen LogP contribution is 2.31. The number of hydrogen-bond donors (Lipinski definition) is 1. The van der Waals surface area contributed by atoms with Crippen LogP contribution < -0.4 is 4.74 Å². The third-order valence-electron chi connectivity index (χ3n) is 4.17. The summed E-state index contributed by atoms with van der Waals surface area (Å²) in [5.41, 5.74) is 1.02. The Hall–Kier alpha value is -1.02. The largest absolute Gasteiger partial charge is 0.491 e. The van der Waals surface area contributed by atoms with Gasteiger partial charge < -0.3 is 9.84 Å². The lowest BCUT2D eigenvalue weighted by Gasteiger charge is -2.19. The van der Waals surface area contributed by atoms with E-state index in [1.807, 2.05) is 38.1 Å². The third kappa shape index (κ3) is 4.82. The topological polar surface area (TPSA) is 29.5 Å². The van der Waals surface area contributed by atoms with E-state index in [1.165, 1.54) is 38.5 Å². The molecule has 1 N–H and O–H groups in total. The van der Waals surface area contributed by atoms with Gasteiger partial charge in [-0.3, -0.25) is 0 Å². The first-order valence-corrected chi connectivity index (χ1v) is 8.10. The Balaban J connectivity index is 1.89. The van der Waals surface area contributed by atoms with Crippen LogP contribution in [0, 0.1) is 5.92 Å². The Kier molecular flexibility index (Phi) is 5.90. The number of aliphatic hydroxyl groups is 1. The van der Waals surface area contributed by atoms with Gasteiger partial charge in [0.05, 0.1) is 12.2 Å². The van der Waals surface area contributed by atoms with Crippen LogP contribution in [0.2, 0.25) is 0 Å². The zero-order chi connectivity index (χ0) is 14.4. The monoisotopic (exact) mass is 276 g/mol. The van der Waals surface area contributed by atoms with Crippen LogP contribution in [0.1, 0.15) is 70.5 Å². The highest BCUT2D eigenvalue weighted by atomic mass is 16.5. The molecule has 0 saturated heterocycles. The molecule has 0 amide bonds. The van der Waals surface area contributed by atoms with Crippen molar-refractivity contribution in [3.8, 4) is 5.75 Å². The fourth-order valence-corrected chi connectivity index (χ4v) is 3.09. The standard InChI is InChI=1S/C18H28O2/c1-14(2)20-17-11-9-16(10-12-17)18(19)13-15-7-5-3-4-6-8-15/h9-12,14-15,18-19H,3-8,13H2,1-2H3. The summed E-state index contributed by atoms with van der Waals surface area (Å²) in [5.74, 6) is 1.57. The van der Waals surface area contributed by atoms with Gasteiger partial charge in [-0.05, 0) is 43.9 Å². The molecule has 1 unspecified atom stereocenters. The van der Waals surface area contributed by atoms with Crippen molar-refractivity contribution in [2.45, 2.75) is 71.0 Å². The van der Waals surface area contributed by atoms with Crippen LogP contribution in [-0.4, -0.2) is 11.2 Å². The number of aliphatic hydroxyl groups excluding tert-OH is 1. The van der Waals surface area contributed by atoms with E-state index in [1.54, 1.807) is 0 Å². The normalized spacial score (nSPS) is 18.8. The molecular weight excluding hydrogens is 248 g/mol. The minimum absolute atomic E-state index is 0.191. The summed E-state index contributed by atoms with van der Waals surface area (Å²) in [6.07, 6.45) is 8.74.